The molecule has 0 aromatic carbocycles. The third-order valence-electron chi connectivity index (χ3n) is 2.75. The molecule has 0 N–H and O–H groups in total. The van der Waals surface area contributed by atoms with E-state index in [0.29, 0.717) is 0 Å². The van der Waals surface area contributed by atoms with Crippen LogP contribution in [0.25, 0.3) is 0 Å². The number of allylic oxidation sites excluding steroid dienone is 2. The quantitative estimate of drug-likeness (QED) is 0.316. The lowest BCUT2D eigenvalue weighted by Gasteiger charge is -2.09. The smallest absolute Gasteiger partial charge is 0.302 e. The first kappa shape index (κ1) is 16.2. The van der Waals surface area contributed by atoms with Gasteiger partial charge in [-0.25, -0.2) is 0 Å². The molecule has 17 heavy (non-hydrogen) atoms. The van der Waals surface area contributed by atoms with E-state index in [4.69, 9.17) is 4.74 Å². The predicted octanol–water partition coefficient (Wildman–Crippen LogP) is 4.63. The Kier molecular flexibility index (Phi) is 11.1. The maximum atomic E-state index is 10.7. The van der Waals surface area contributed by atoms with Crippen LogP contribution in [0.3, 0.4) is 0 Å². The minimum Gasteiger partial charge on any atom is -0.463 e. The summed E-state index contributed by atoms with van der Waals surface area (Å²) in [7, 11) is 0. The first-order valence-electron chi connectivity index (χ1n) is 6.99. The van der Waals surface area contributed by atoms with E-state index in [-0.39, 0.29) is 12.1 Å². The summed E-state index contributed by atoms with van der Waals surface area (Å²) < 4.78 is 5.05. The van der Waals surface area contributed by atoms with Crippen LogP contribution in [0.1, 0.15) is 72.1 Å². The highest BCUT2D eigenvalue weighted by Gasteiger charge is 2.02. The monoisotopic (exact) mass is 240 g/mol. The minimum atomic E-state index is -0.183. The molecule has 0 fully saturated rings. The molecule has 0 aromatic rings. The number of unbranched alkanes of at least 4 members (excludes halogenated alkanes) is 5. The predicted molar refractivity (Wildman–Crippen MR) is 73.0 cm³/mol. The molecule has 0 saturated heterocycles. The Morgan fingerprint density at radius 1 is 1.12 bits per heavy atom. The van der Waals surface area contributed by atoms with Crippen LogP contribution >= 0.6 is 0 Å². The molecule has 1 atom stereocenters. The van der Waals surface area contributed by atoms with Gasteiger partial charge in [0.15, 0.2) is 0 Å². The van der Waals surface area contributed by atoms with E-state index < -0.39 is 0 Å². The van der Waals surface area contributed by atoms with Gasteiger partial charge in [0.05, 0.1) is 6.10 Å². The molecule has 0 aromatic heterocycles. The number of ether oxygens (including phenoxy) is 1. The maximum Gasteiger partial charge on any atom is 0.302 e. The summed E-state index contributed by atoms with van der Waals surface area (Å²) in [5, 5.41) is 0. The third-order valence-corrected chi connectivity index (χ3v) is 2.75. The van der Waals surface area contributed by atoms with Crippen molar-refractivity contribution in [3.05, 3.63) is 12.2 Å². The summed E-state index contributed by atoms with van der Waals surface area (Å²) >= 11 is 0. The number of rotatable bonds is 10. The van der Waals surface area contributed by atoms with Crippen LogP contribution < -0.4 is 0 Å². The van der Waals surface area contributed by atoms with E-state index in [0.717, 1.165) is 12.8 Å². The molecule has 100 valence electrons. The number of hydrogen-bond acceptors (Lipinski definition) is 2. The van der Waals surface area contributed by atoms with Crippen molar-refractivity contribution in [3.8, 4) is 0 Å². The van der Waals surface area contributed by atoms with Crippen molar-refractivity contribution in [3.63, 3.8) is 0 Å². The topological polar surface area (TPSA) is 26.3 Å². The van der Waals surface area contributed by atoms with Gasteiger partial charge >= 0.3 is 5.97 Å². The van der Waals surface area contributed by atoms with Gasteiger partial charge < -0.3 is 4.74 Å². The Bertz CT molecular complexity index is 209. The first-order chi connectivity index (χ1) is 8.16. The van der Waals surface area contributed by atoms with Crippen molar-refractivity contribution in [1.82, 2.24) is 0 Å². The molecule has 2 heteroatoms. The van der Waals surface area contributed by atoms with Crippen LogP contribution in [-0.2, 0) is 9.53 Å². The van der Waals surface area contributed by atoms with Gasteiger partial charge in [-0.1, -0.05) is 44.8 Å². The summed E-state index contributed by atoms with van der Waals surface area (Å²) in [4.78, 5) is 10.7. The Labute approximate surface area is 106 Å². The largest absolute Gasteiger partial charge is 0.463 e. The molecule has 0 heterocycles. The molecule has 0 aliphatic heterocycles. The van der Waals surface area contributed by atoms with Gasteiger partial charge in [-0.05, 0) is 32.6 Å². The van der Waals surface area contributed by atoms with Crippen molar-refractivity contribution in [2.24, 2.45) is 0 Å². The summed E-state index contributed by atoms with van der Waals surface area (Å²) in [5.74, 6) is -0.183. The lowest BCUT2D eigenvalue weighted by molar-refractivity contribution is -0.145. The van der Waals surface area contributed by atoms with Crippen LogP contribution in [0.2, 0.25) is 0 Å². The maximum absolute atomic E-state index is 10.7. The van der Waals surface area contributed by atoms with Crippen molar-refractivity contribution in [2.45, 2.75) is 78.2 Å². The fourth-order valence-corrected chi connectivity index (χ4v) is 1.77. The average Bonchev–Trinajstić information content (AvgIpc) is 2.26. The first-order valence-corrected chi connectivity index (χ1v) is 6.99. The van der Waals surface area contributed by atoms with E-state index in [1.807, 2.05) is 6.92 Å². The van der Waals surface area contributed by atoms with Crippen LogP contribution in [0.15, 0.2) is 12.2 Å². The number of carbonyl (C=O) groups is 1. The summed E-state index contributed by atoms with van der Waals surface area (Å²) in [6, 6.07) is 0. The number of esters is 1. The van der Waals surface area contributed by atoms with Gasteiger partial charge in [-0.15, -0.1) is 0 Å². The van der Waals surface area contributed by atoms with Crippen molar-refractivity contribution < 1.29 is 9.53 Å². The number of carbonyl (C=O) groups excluding carboxylic acids is 1. The molecular weight excluding hydrogens is 212 g/mol. The molecule has 2 nitrogen and oxygen atoms in total. The van der Waals surface area contributed by atoms with E-state index in [2.05, 4.69) is 19.1 Å². The molecule has 0 saturated carbocycles. The second-order valence-electron chi connectivity index (χ2n) is 4.67. The molecule has 0 aliphatic carbocycles. The highest BCUT2D eigenvalue weighted by Crippen LogP contribution is 2.07. The molecule has 0 amide bonds. The highest BCUT2D eigenvalue weighted by atomic mass is 16.5. The second-order valence-corrected chi connectivity index (χ2v) is 4.67. The van der Waals surface area contributed by atoms with Gasteiger partial charge in [-0.3, -0.25) is 4.79 Å². The zero-order valence-corrected chi connectivity index (χ0v) is 11.7. The van der Waals surface area contributed by atoms with Crippen LogP contribution in [-0.4, -0.2) is 12.1 Å². The van der Waals surface area contributed by atoms with Crippen molar-refractivity contribution in [1.29, 1.82) is 0 Å². The molecule has 0 aliphatic rings. The van der Waals surface area contributed by atoms with Crippen molar-refractivity contribution >= 4 is 5.97 Å². The molecular formula is C15H28O2. The van der Waals surface area contributed by atoms with E-state index in [1.54, 1.807) is 0 Å². The summed E-state index contributed by atoms with van der Waals surface area (Å²) in [5.41, 5.74) is 0. The minimum absolute atomic E-state index is 0.0432. The molecule has 0 radical (unpaired) electrons. The Morgan fingerprint density at radius 2 is 1.76 bits per heavy atom. The van der Waals surface area contributed by atoms with Gasteiger partial charge in [0, 0.05) is 6.92 Å². The van der Waals surface area contributed by atoms with Crippen molar-refractivity contribution in [2.75, 3.05) is 0 Å². The van der Waals surface area contributed by atoms with Crippen LogP contribution in [0.5, 0.6) is 0 Å². The Morgan fingerprint density at radius 3 is 2.41 bits per heavy atom. The second kappa shape index (κ2) is 11.7. The average molecular weight is 240 g/mol. The third kappa shape index (κ3) is 13.1. The fraction of sp³-hybridized carbons (Fsp3) is 0.800. The lowest BCUT2D eigenvalue weighted by Crippen LogP contribution is -2.11. The Balaban J connectivity index is 3.27. The number of hydrogen-bond donors (Lipinski definition) is 0. The standard InChI is InChI=1S/C15H28O2/c1-4-5-6-7-8-9-10-11-12-13-14(2)17-15(3)16/h10-11,14H,4-9,12-13H2,1-3H3/b11-10-. The normalized spacial score (nSPS) is 12.9. The van der Waals surface area contributed by atoms with Gasteiger partial charge in [-0.2, -0.15) is 0 Å². The highest BCUT2D eigenvalue weighted by molar-refractivity contribution is 5.66. The van der Waals surface area contributed by atoms with E-state index in [1.165, 1.54) is 45.4 Å². The van der Waals surface area contributed by atoms with Gasteiger partial charge in [0.25, 0.3) is 0 Å². The lowest BCUT2D eigenvalue weighted by atomic mass is 10.1. The Hall–Kier alpha value is -0.790. The molecule has 0 spiro atoms. The molecule has 0 rings (SSSR count). The van der Waals surface area contributed by atoms with E-state index in [9.17, 15) is 4.79 Å². The summed E-state index contributed by atoms with van der Waals surface area (Å²) in [6.45, 7) is 5.65. The zero-order chi connectivity index (χ0) is 12.9. The van der Waals surface area contributed by atoms with Gasteiger partial charge in [0.2, 0.25) is 0 Å². The van der Waals surface area contributed by atoms with E-state index >= 15 is 0 Å². The van der Waals surface area contributed by atoms with Gasteiger partial charge in [0.1, 0.15) is 0 Å². The molecule has 1 unspecified atom stereocenters. The SMILES string of the molecule is CCCCCCC/C=C\CCC(C)OC(C)=O. The summed E-state index contributed by atoms with van der Waals surface area (Å²) in [6.07, 6.45) is 14.3. The molecule has 0 bridgehead atoms. The van der Waals surface area contributed by atoms with Crippen LogP contribution in [0.4, 0.5) is 0 Å². The van der Waals surface area contributed by atoms with Crippen LogP contribution in [0, 0.1) is 0 Å². The fourth-order valence-electron chi connectivity index (χ4n) is 1.77. The zero-order valence-electron chi connectivity index (χ0n) is 11.7.